The van der Waals surface area contributed by atoms with E-state index in [2.05, 4.69) is 22.2 Å². The Morgan fingerprint density at radius 1 is 1.54 bits per heavy atom. The molecule has 0 aromatic carbocycles. The van der Waals surface area contributed by atoms with Crippen molar-refractivity contribution in [3.63, 3.8) is 0 Å². The van der Waals surface area contributed by atoms with Crippen LogP contribution in [0.25, 0.3) is 0 Å². The molecule has 0 unspecified atom stereocenters. The Morgan fingerprint density at radius 3 is 2.77 bits per heavy atom. The summed E-state index contributed by atoms with van der Waals surface area (Å²) in [5.74, 6) is 1.37. The summed E-state index contributed by atoms with van der Waals surface area (Å²) in [6.07, 6.45) is 0. The number of rotatable bonds is 3. The van der Waals surface area contributed by atoms with Crippen LogP contribution in [0.3, 0.4) is 0 Å². The van der Waals surface area contributed by atoms with Gasteiger partial charge in [-0.05, 0) is 6.92 Å². The predicted octanol–water partition coefficient (Wildman–Crippen LogP) is 1.63. The number of hydrogen-bond donors (Lipinski definition) is 1. The van der Waals surface area contributed by atoms with Gasteiger partial charge in [-0.15, -0.1) is 0 Å². The van der Waals surface area contributed by atoms with Gasteiger partial charge >= 0.3 is 0 Å². The molecule has 0 saturated carbocycles. The van der Waals surface area contributed by atoms with E-state index in [9.17, 15) is 0 Å². The highest BCUT2D eigenvalue weighted by Gasteiger charge is 2.04. The standard InChI is InChI=1S/C8H13ClN4/c1-4-13(3)7-5-6(9)11-8(10-2)12-7/h5H,4H2,1-3H3,(H,10,11,12). The molecule has 4 nitrogen and oxygen atoms in total. The van der Waals surface area contributed by atoms with E-state index in [-0.39, 0.29) is 0 Å². The molecule has 1 heterocycles. The summed E-state index contributed by atoms with van der Waals surface area (Å²) in [4.78, 5) is 10.2. The molecular weight excluding hydrogens is 188 g/mol. The van der Waals surface area contributed by atoms with Crippen molar-refractivity contribution in [2.75, 3.05) is 30.9 Å². The lowest BCUT2D eigenvalue weighted by atomic mass is 10.5. The lowest BCUT2D eigenvalue weighted by Gasteiger charge is -2.15. The van der Waals surface area contributed by atoms with Gasteiger partial charge in [0.15, 0.2) is 0 Å². The Morgan fingerprint density at radius 2 is 2.23 bits per heavy atom. The number of aromatic nitrogens is 2. The fourth-order valence-corrected chi connectivity index (χ4v) is 1.05. The van der Waals surface area contributed by atoms with Crippen LogP contribution in [0.2, 0.25) is 5.15 Å². The molecule has 5 heteroatoms. The van der Waals surface area contributed by atoms with Crippen LogP contribution in [0, 0.1) is 0 Å². The summed E-state index contributed by atoms with van der Waals surface area (Å²) in [5, 5.41) is 3.31. The molecule has 1 aromatic heterocycles. The van der Waals surface area contributed by atoms with E-state index in [1.54, 1.807) is 13.1 Å². The maximum atomic E-state index is 5.81. The van der Waals surface area contributed by atoms with Gasteiger partial charge in [-0.25, -0.2) is 4.98 Å². The molecule has 0 aliphatic rings. The molecule has 0 spiro atoms. The van der Waals surface area contributed by atoms with Gasteiger partial charge < -0.3 is 10.2 Å². The van der Waals surface area contributed by atoms with Crippen LogP contribution in [0.4, 0.5) is 11.8 Å². The second-order valence-electron chi connectivity index (χ2n) is 2.64. The number of nitrogens with one attached hydrogen (secondary N) is 1. The molecule has 0 amide bonds. The minimum Gasteiger partial charge on any atom is -0.360 e. The van der Waals surface area contributed by atoms with Gasteiger partial charge in [-0.3, -0.25) is 0 Å². The van der Waals surface area contributed by atoms with Gasteiger partial charge in [-0.2, -0.15) is 4.98 Å². The molecule has 0 atom stereocenters. The summed E-state index contributed by atoms with van der Waals surface area (Å²) in [6, 6.07) is 1.74. The van der Waals surface area contributed by atoms with Crippen molar-refractivity contribution in [1.82, 2.24) is 9.97 Å². The quantitative estimate of drug-likeness (QED) is 0.754. The summed E-state index contributed by atoms with van der Waals surface area (Å²) >= 11 is 5.81. The number of anilines is 2. The summed E-state index contributed by atoms with van der Waals surface area (Å²) in [6.45, 7) is 2.94. The lowest BCUT2D eigenvalue weighted by molar-refractivity contribution is 0.930. The van der Waals surface area contributed by atoms with E-state index in [1.807, 2.05) is 11.9 Å². The fraction of sp³-hybridized carbons (Fsp3) is 0.500. The van der Waals surface area contributed by atoms with Gasteiger partial charge in [0.25, 0.3) is 0 Å². The molecule has 72 valence electrons. The maximum absolute atomic E-state index is 5.81. The first-order chi connectivity index (χ1) is 6.17. The Bertz CT molecular complexity index is 289. The van der Waals surface area contributed by atoms with Crippen molar-refractivity contribution in [1.29, 1.82) is 0 Å². The van der Waals surface area contributed by atoms with E-state index in [0.29, 0.717) is 11.1 Å². The van der Waals surface area contributed by atoms with Crippen LogP contribution < -0.4 is 10.2 Å². The first-order valence-electron chi connectivity index (χ1n) is 4.10. The molecular formula is C8H13ClN4. The third-order valence-corrected chi connectivity index (χ3v) is 1.96. The molecule has 0 bridgehead atoms. The number of hydrogen-bond acceptors (Lipinski definition) is 4. The van der Waals surface area contributed by atoms with Crippen molar-refractivity contribution in [2.24, 2.45) is 0 Å². The van der Waals surface area contributed by atoms with Crippen molar-refractivity contribution >= 4 is 23.4 Å². The van der Waals surface area contributed by atoms with E-state index in [1.165, 1.54) is 0 Å². The van der Waals surface area contributed by atoms with Crippen molar-refractivity contribution < 1.29 is 0 Å². The highest BCUT2D eigenvalue weighted by molar-refractivity contribution is 6.29. The summed E-state index contributed by atoms with van der Waals surface area (Å²) in [5.41, 5.74) is 0. The van der Waals surface area contributed by atoms with Gasteiger partial charge in [0, 0.05) is 26.7 Å². The smallest absolute Gasteiger partial charge is 0.225 e. The van der Waals surface area contributed by atoms with Crippen LogP contribution in [0.5, 0.6) is 0 Å². The average molecular weight is 201 g/mol. The highest BCUT2D eigenvalue weighted by atomic mass is 35.5. The Balaban J connectivity index is 3.01. The lowest BCUT2D eigenvalue weighted by Crippen LogP contribution is -2.17. The maximum Gasteiger partial charge on any atom is 0.225 e. The molecule has 0 aliphatic heterocycles. The first kappa shape index (κ1) is 10.1. The van der Waals surface area contributed by atoms with Crippen LogP contribution in [0.1, 0.15) is 6.92 Å². The van der Waals surface area contributed by atoms with E-state index in [0.717, 1.165) is 12.4 Å². The van der Waals surface area contributed by atoms with Crippen molar-refractivity contribution in [3.8, 4) is 0 Å². The average Bonchev–Trinajstić information content (AvgIpc) is 2.15. The van der Waals surface area contributed by atoms with Crippen LogP contribution in [-0.4, -0.2) is 30.6 Å². The second kappa shape index (κ2) is 4.28. The monoisotopic (exact) mass is 200 g/mol. The molecule has 1 N–H and O–H groups in total. The molecule has 0 radical (unpaired) electrons. The Hall–Kier alpha value is -1.03. The third-order valence-electron chi connectivity index (χ3n) is 1.77. The number of nitrogens with zero attached hydrogens (tertiary/aromatic N) is 3. The van der Waals surface area contributed by atoms with Gasteiger partial charge in [0.2, 0.25) is 5.95 Å². The SMILES string of the molecule is CCN(C)c1cc(Cl)nc(NC)n1. The van der Waals surface area contributed by atoms with E-state index >= 15 is 0 Å². The first-order valence-corrected chi connectivity index (χ1v) is 4.48. The zero-order chi connectivity index (χ0) is 9.84. The zero-order valence-electron chi connectivity index (χ0n) is 8.00. The third kappa shape index (κ3) is 2.45. The zero-order valence-corrected chi connectivity index (χ0v) is 8.76. The fourth-order valence-electron chi connectivity index (χ4n) is 0.875. The van der Waals surface area contributed by atoms with Crippen LogP contribution >= 0.6 is 11.6 Å². The highest BCUT2D eigenvalue weighted by Crippen LogP contribution is 2.16. The minimum atomic E-state index is 0.453. The number of halogens is 1. The van der Waals surface area contributed by atoms with Crippen LogP contribution in [0.15, 0.2) is 6.07 Å². The van der Waals surface area contributed by atoms with E-state index < -0.39 is 0 Å². The largest absolute Gasteiger partial charge is 0.360 e. The predicted molar refractivity (Wildman–Crippen MR) is 55.5 cm³/mol. The van der Waals surface area contributed by atoms with Gasteiger partial charge in [-0.1, -0.05) is 11.6 Å². The van der Waals surface area contributed by atoms with E-state index in [4.69, 9.17) is 11.6 Å². The summed E-state index contributed by atoms with van der Waals surface area (Å²) in [7, 11) is 3.72. The molecule has 1 rings (SSSR count). The Kier molecular flexibility index (Phi) is 3.31. The van der Waals surface area contributed by atoms with Gasteiger partial charge in [0.1, 0.15) is 11.0 Å². The molecule has 13 heavy (non-hydrogen) atoms. The van der Waals surface area contributed by atoms with Gasteiger partial charge in [0.05, 0.1) is 0 Å². The van der Waals surface area contributed by atoms with Crippen molar-refractivity contribution in [3.05, 3.63) is 11.2 Å². The second-order valence-corrected chi connectivity index (χ2v) is 3.02. The Labute approximate surface area is 82.9 Å². The van der Waals surface area contributed by atoms with Crippen LogP contribution in [-0.2, 0) is 0 Å². The molecule has 0 fully saturated rings. The molecule has 1 aromatic rings. The molecule has 0 aliphatic carbocycles. The molecule has 0 saturated heterocycles. The summed E-state index contributed by atoms with van der Waals surface area (Å²) < 4.78 is 0. The minimum absolute atomic E-state index is 0.453. The normalized spacial score (nSPS) is 9.85. The van der Waals surface area contributed by atoms with Crippen molar-refractivity contribution in [2.45, 2.75) is 6.92 Å². The topological polar surface area (TPSA) is 41.1 Å².